The van der Waals surface area contributed by atoms with Crippen LogP contribution in [0.1, 0.15) is 20.7 Å². The number of thioether (sulfide) groups is 1. The number of allylic oxidation sites excluding steroid dienone is 2. The van der Waals surface area contributed by atoms with E-state index in [2.05, 4.69) is 0 Å². The molecule has 7 heteroatoms. The van der Waals surface area contributed by atoms with Gasteiger partial charge in [0.15, 0.2) is 11.9 Å². The molecule has 4 atom stereocenters. The molecule has 0 unspecified atom stereocenters. The standard InChI is InChI=1S/C15H12O6S/c16-8-5-20-15-13(11(8)19)21-12-9(17)6-3-1-2-4-7(6)10(18)14(12)22-15/h1-4,8,11,13,15-16,19H,5H2/t8-,11+,13-,15+/m1/s1. The number of ketones is 2. The van der Waals surface area contributed by atoms with Crippen molar-refractivity contribution in [2.24, 2.45) is 0 Å². The van der Waals surface area contributed by atoms with Crippen molar-refractivity contribution in [1.29, 1.82) is 0 Å². The first-order valence-corrected chi connectivity index (χ1v) is 7.69. The molecule has 3 aliphatic rings. The number of rotatable bonds is 0. The molecule has 0 amide bonds. The Morgan fingerprint density at radius 1 is 1.09 bits per heavy atom. The Morgan fingerprint density at radius 2 is 1.77 bits per heavy atom. The highest BCUT2D eigenvalue weighted by atomic mass is 32.2. The molecule has 0 bridgehead atoms. The summed E-state index contributed by atoms with van der Waals surface area (Å²) in [5, 5.41) is 19.7. The summed E-state index contributed by atoms with van der Waals surface area (Å²) in [4.78, 5) is 25.3. The molecular weight excluding hydrogens is 308 g/mol. The second kappa shape index (κ2) is 4.92. The zero-order valence-electron chi connectivity index (χ0n) is 11.3. The van der Waals surface area contributed by atoms with Crippen LogP contribution < -0.4 is 0 Å². The number of carbonyl (C=O) groups excluding carboxylic acids is 2. The average molecular weight is 320 g/mol. The molecule has 1 fully saturated rings. The van der Waals surface area contributed by atoms with Crippen molar-refractivity contribution in [3.8, 4) is 0 Å². The Hall–Kier alpha value is -1.67. The molecule has 0 spiro atoms. The lowest BCUT2D eigenvalue weighted by molar-refractivity contribution is -0.168. The van der Waals surface area contributed by atoms with Gasteiger partial charge in [0.2, 0.25) is 11.6 Å². The van der Waals surface area contributed by atoms with Gasteiger partial charge in [0.1, 0.15) is 22.5 Å². The van der Waals surface area contributed by atoms with E-state index in [0.717, 1.165) is 11.8 Å². The highest BCUT2D eigenvalue weighted by Crippen LogP contribution is 2.44. The molecule has 6 nitrogen and oxygen atoms in total. The number of aliphatic hydroxyl groups excluding tert-OH is 2. The third-order valence-electron chi connectivity index (χ3n) is 3.95. The first-order valence-electron chi connectivity index (χ1n) is 6.81. The molecule has 1 aromatic carbocycles. The van der Waals surface area contributed by atoms with Gasteiger partial charge in [-0.05, 0) is 0 Å². The predicted molar refractivity (Wildman–Crippen MR) is 76.3 cm³/mol. The van der Waals surface area contributed by atoms with Crippen LogP contribution in [0.25, 0.3) is 0 Å². The van der Waals surface area contributed by atoms with Crippen molar-refractivity contribution >= 4 is 23.3 Å². The molecule has 0 aromatic heterocycles. The number of hydrogen-bond donors (Lipinski definition) is 2. The van der Waals surface area contributed by atoms with E-state index in [0.29, 0.717) is 5.56 Å². The zero-order chi connectivity index (χ0) is 15.4. The largest absolute Gasteiger partial charge is 0.478 e. The van der Waals surface area contributed by atoms with E-state index < -0.39 is 23.7 Å². The number of benzene rings is 1. The maximum atomic E-state index is 12.5. The van der Waals surface area contributed by atoms with Crippen LogP contribution in [0, 0.1) is 0 Å². The van der Waals surface area contributed by atoms with E-state index in [1.807, 2.05) is 0 Å². The number of ether oxygens (including phenoxy) is 2. The summed E-state index contributed by atoms with van der Waals surface area (Å²) < 4.78 is 11.0. The van der Waals surface area contributed by atoms with Crippen molar-refractivity contribution in [2.45, 2.75) is 23.7 Å². The fourth-order valence-electron chi connectivity index (χ4n) is 2.79. The molecule has 4 rings (SSSR count). The fraction of sp³-hybridized carbons (Fsp3) is 0.333. The highest BCUT2D eigenvalue weighted by Gasteiger charge is 2.49. The van der Waals surface area contributed by atoms with Gasteiger partial charge in [0.25, 0.3) is 0 Å². The van der Waals surface area contributed by atoms with E-state index in [-0.39, 0.29) is 34.4 Å². The minimum Gasteiger partial charge on any atom is -0.478 e. The van der Waals surface area contributed by atoms with Gasteiger partial charge in [-0.15, -0.1) is 0 Å². The Balaban J connectivity index is 1.77. The van der Waals surface area contributed by atoms with Crippen LogP contribution in [0.3, 0.4) is 0 Å². The number of fused-ring (bicyclic) bond motifs is 2. The minimum absolute atomic E-state index is 0.0416. The summed E-state index contributed by atoms with van der Waals surface area (Å²) in [6.45, 7) is -0.0416. The first kappa shape index (κ1) is 14.0. The van der Waals surface area contributed by atoms with Crippen molar-refractivity contribution in [2.75, 3.05) is 6.61 Å². The molecule has 114 valence electrons. The molecule has 2 N–H and O–H groups in total. The molecule has 1 saturated heterocycles. The van der Waals surface area contributed by atoms with Gasteiger partial charge < -0.3 is 19.7 Å². The third kappa shape index (κ3) is 1.87. The van der Waals surface area contributed by atoms with Crippen LogP contribution >= 0.6 is 11.8 Å². The summed E-state index contributed by atoms with van der Waals surface area (Å²) >= 11 is 1.07. The molecule has 2 aliphatic heterocycles. The third-order valence-corrected chi connectivity index (χ3v) is 5.20. The lowest BCUT2D eigenvalue weighted by atomic mass is 9.93. The Bertz CT molecular complexity index is 712. The number of hydrogen-bond acceptors (Lipinski definition) is 7. The van der Waals surface area contributed by atoms with Crippen LogP contribution in [0.15, 0.2) is 34.9 Å². The van der Waals surface area contributed by atoms with Gasteiger partial charge in [-0.2, -0.15) is 0 Å². The van der Waals surface area contributed by atoms with Crippen LogP contribution in [-0.2, 0) is 9.47 Å². The van der Waals surface area contributed by atoms with Crippen molar-refractivity contribution in [3.05, 3.63) is 46.1 Å². The predicted octanol–water partition coefficient (Wildman–Crippen LogP) is 0.487. The second-order valence-corrected chi connectivity index (χ2v) is 6.43. The number of aliphatic hydroxyl groups is 2. The Labute approximate surface area is 129 Å². The summed E-state index contributed by atoms with van der Waals surface area (Å²) in [5.74, 6) is -0.729. The summed E-state index contributed by atoms with van der Waals surface area (Å²) in [5.41, 5.74) is 0.00780. The summed E-state index contributed by atoms with van der Waals surface area (Å²) in [7, 11) is 0. The van der Waals surface area contributed by atoms with Crippen LogP contribution in [0.2, 0.25) is 0 Å². The van der Waals surface area contributed by atoms with Gasteiger partial charge in [-0.3, -0.25) is 9.59 Å². The maximum Gasteiger partial charge on any atom is 0.229 e. The highest BCUT2D eigenvalue weighted by molar-refractivity contribution is 8.04. The van der Waals surface area contributed by atoms with E-state index in [1.54, 1.807) is 24.3 Å². The van der Waals surface area contributed by atoms with Gasteiger partial charge in [0.05, 0.1) is 6.61 Å². The average Bonchev–Trinajstić information content (AvgIpc) is 2.55. The molecule has 22 heavy (non-hydrogen) atoms. The second-order valence-electron chi connectivity index (χ2n) is 5.32. The zero-order valence-corrected chi connectivity index (χ0v) is 12.1. The van der Waals surface area contributed by atoms with E-state index in [4.69, 9.17) is 9.47 Å². The first-order chi connectivity index (χ1) is 10.6. The quantitative estimate of drug-likeness (QED) is 0.718. The Morgan fingerprint density at radius 3 is 2.50 bits per heavy atom. The van der Waals surface area contributed by atoms with Crippen LogP contribution in [0.4, 0.5) is 0 Å². The number of Topliss-reactive ketones (excluding diaryl/α,β-unsaturated/α-hetero) is 2. The van der Waals surface area contributed by atoms with E-state index in [9.17, 15) is 19.8 Å². The Kier molecular flexibility index (Phi) is 3.12. The SMILES string of the molecule is O=C1C2=C(S[C@@H]3OC[C@@H](O)[C@H](O)[C@H]3O2)C(=O)c2ccccc21. The van der Waals surface area contributed by atoms with Gasteiger partial charge in [-0.25, -0.2) is 0 Å². The fourth-order valence-corrected chi connectivity index (χ4v) is 3.98. The van der Waals surface area contributed by atoms with Crippen LogP contribution in [-0.4, -0.2) is 52.1 Å². The molecule has 0 saturated carbocycles. The monoisotopic (exact) mass is 320 g/mol. The van der Waals surface area contributed by atoms with Crippen molar-refractivity contribution < 1.29 is 29.3 Å². The normalized spacial score (nSPS) is 33.7. The summed E-state index contributed by atoms with van der Waals surface area (Å²) in [6.07, 6.45) is -3.12. The van der Waals surface area contributed by atoms with Crippen LogP contribution in [0.5, 0.6) is 0 Å². The van der Waals surface area contributed by atoms with Gasteiger partial charge in [0, 0.05) is 11.1 Å². The van der Waals surface area contributed by atoms with Crippen molar-refractivity contribution in [3.63, 3.8) is 0 Å². The lowest BCUT2D eigenvalue weighted by Crippen LogP contribution is -2.54. The molecule has 1 aliphatic carbocycles. The number of carbonyl (C=O) groups is 2. The lowest BCUT2D eigenvalue weighted by Gasteiger charge is -2.41. The molecular formula is C15H12O6S. The van der Waals surface area contributed by atoms with E-state index in [1.165, 1.54) is 0 Å². The summed E-state index contributed by atoms with van der Waals surface area (Å²) in [6, 6.07) is 6.55. The molecule has 2 heterocycles. The maximum absolute atomic E-state index is 12.5. The van der Waals surface area contributed by atoms with E-state index >= 15 is 0 Å². The smallest absolute Gasteiger partial charge is 0.229 e. The topological polar surface area (TPSA) is 93.1 Å². The molecule has 1 aromatic rings. The van der Waals surface area contributed by atoms with Gasteiger partial charge in [-0.1, -0.05) is 36.0 Å². The van der Waals surface area contributed by atoms with Crippen molar-refractivity contribution in [1.82, 2.24) is 0 Å². The van der Waals surface area contributed by atoms with Gasteiger partial charge >= 0.3 is 0 Å². The molecule has 0 radical (unpaired) electrons. The minimum atomic E-state index is -1.17.